The van der Waals surface area contributed by atoms with Crippen LogP contribution in [0.2, 0.25) is 0 Å². The molecule has 34 heavy (non-hydrogen) atoms. The standard InChI is InChI=1S/C25H31N3O5S/c1-20-14-17-26(18-15-20)34(31,32)28(22-11-6-3-7-12-22)24(29)23-13-8-16-27(23)25(30)33-19-21-9-4-2-5-10-21/h2-7,9-12,20,23H,8,13-19H2,1H3. The van der Waals surface area contributed by atoms with Gasteiger partial charge in [-0.25, -0.2) is 4.79 Å². The third kappa shape index (κ3) is 5.26. The van der Waals surface area contributed by atoms with Crippen LogP contribution in [-0.4, -0.2) is 55.3 Å². The molecule has 1 unspecified atom stereocenters. The molecule has 2 aromatic rings. The summed E-state index contributed by atoms with van der Waals surface area (Å²) in [6.07, 6.45) is 1.86. The van der Waals surface area contributed by atoms with Crippen molar-refractivity contribution in [1.82, 2.24) is 9.21 Å². The van der Waals surface area contributed by atoms with Crippen LogP contribution in [0.25, 0.3) is 0 Å². The second-order valence-electron chi connectivity index (χ2n) is 8.92. The van der Waals surface area contributed by atoms with Crippen molar-refractivity contribution in [3.05, 3.63) is 66.2 Å². The molecule has 0 aliphatic carbocycles. The molecule has 0 aromatic heterocycles. The van der Waals surface area contributed by atoms with Gasteiger partial charge in [0.05, 0.1) is 5.69 Å². The molecule has 2 amide bonds. The molecule has 0 bridgehead atoms. The van der Waals surface area contributed by atoms with Crippen molar-refractivity contribution in [1.29, 1.82) is 0 Å². The number of amides is 2. The minimum Gasteiger partial charge on any atom is -0.445 e. The Morgan fingerprint density at radius 1 is 0.941 bits per heavy atom. The molecule has 0 spiro atoms. The molecule has 0 radical (unpaired) electrons. The predicted molar refractivity (Wildman–Crippen MR) is 129 cm³/mol. The Kier molecular flexibility index (Phi) is 7.53. The van der Waals surface area contributed by atoms with E-state index in [2.05, 4.69) is 6.92 Å². The minimum absolute atomic E-state index is 0.0870. The lowest BCUT2D eigenvalue weighted by Crippen LogP contribution is -2.55. The van der Waals surface area contributed by atoms with E-state index in [1.54, 1.807) is 30.3 Å². The fourth-order valence-electron chi connectivity index (χ4n) is 4.45. The lowest BCUT2D eigenvalue weighted by Gasteiger charge is -2.35. The molecule has 2 aliphatic heterocycles. The fraction of sp³-hybridized carbons (Fsp3) is 0.440. The van der Waals surface area contributed by atoms with E-state index < -0.39 is 28.3 Å². The van der Waals surface area contributed by atoms with E-state index in [0.29, 0.717) is 38.4 Å². The van der Waals surface area contributed by atoms with Crippen molar-refractivity contribution < 1.29 is 22.7 Å². The van der Waals surface area contributed by atoms with Gasteiger partial charge in [-0.1, -0.05) is 55.5 Å². The summed E-state index contributed by atoms with van der Waals surface area (Å²) in [4.78, 5) is 28.0. The number of para-hydroxylation sites is 1. The van der Waals surface area contributed by atoms with Gasteiger partial charge in [-0.3, -0.25) is 9.69 Å². The molecule has 2 aromatic carbocycles. The lowest BCUT2D eigenvalue weighted by molar-refractivity contribution is -0.121. The van der Waals surface area contributed by atoms with Gasteiger partial charge in [-0.05, 0) is 49.3 Å². The number of carbonyl (C=O) groups excluding carboxylic acids is 2. The van der Waals surface area contributed by atoms with Crippen LogP contribution in [0.3, 0.4) is 0 Å². The lowest BCUT2D eigenvalue weighted by atomic mass is 10.0. The van der Waals surface area contributed by atoms with Gasteiger partial charge in [0.1, 0.15) is 12.6 Å². The summed E-state index contributed by atoms with van der Waals surface area (Å²) in [7, 11) is -4.10. The first-order valence-corrected chi connectivity index (χ1v) is 13.1. The van der Waals surface area contributed by atoms with Gasteiger partial charge >= 0.3 is 16.3 Å². The maximum absolute atomic E-state index is 13.8. The highest BCUT2D eigenvalue weighted by Crippen LogP contribution is 2.29. The van der Waals surface area contributed by atoms with Crippen molar-refractivity contribution in [3.63, 3.8) is 0 Å². The molecule has 0 saturated carbocycles. The highest BCUT2D eigenvalue weighted by Gasteiger charge is 2.44. The number of ether oxygens (including phenoxy) is 1. The Balaban J connectivity index is 1.56. The van der Waals surface area contributed by atoms with Crippen molar-refractivity contribution >= 4 is 27.9 Å². The predicted octanol–water partition coefficient (Wildman–Crippen LogP) is 3.80. The summed E-state index contributed by atoms with van der Waals surface area (Å²) in [5, 5.41) is 0. The van der Waals surface area contributed by atoms with E-state index in [-0.39, 0.29) is 12.3 Å². The molecular weight excluding hydrogens is 454 g/mol. The van der Waals surface area contributed by atoms with E-state index >= 15 is 0 Å². The summed E-state index contributed by atoms with van der Waals surface area (Å²) < 4.78 is 35.1. The van der Waals surface area contributed by atoms with E-state index in [1.165, 1.54) is 9.21 Å². The Morgan fingerprint density at radius 3 is 2.21 bits per heavy atom. The van der Waals surface area contributed by atoms with Crippen LogP contribution in [0.4, 0.5) is 10.5 Å². The van der Waals surface area contributed by atoms with E-state index in [9.17, 15) is 18.0 Å². The molecule has 2 saturated heterocycles. The second-order valence-corrected chi connectivity index (χ2v) is 10.7. The normalized spacial score (nSPS) is 19.7. The summed E-state index contributed by atoms with van der Waals surface area (Å²) >= 11 is 0. The largest absolute Gasteiger partial charge is 0.445 e. The molecule has 2 heterocycles. The van der Waals surface area contributed by atoms with Crippen LogP contribution in [0, 0.1) is 5.92 Å². The molecule has 2 fully saturated rings. The second kappa shape index (κ2) is 10.6. The Hall–Kier alpha value is -2.91. The first kappa shape index (κ1) is 24.2. The van der Waals surface area contributed by atoms with Crippen LogP contribution in [-0.2, 0) is 26.3 Å². The number of nitrogens with zero attached hydrogens (tertiary/aromatic N) is 3. The number of piperidine rings is 1. The summed E-state index contributed by atoms with van der Waals surface area (Å²) in [5.41, 5.74) is 1.11. The highest BCUT2D eigenvalue weighted by molar-refractivity contribution is 7.91. The smallest absolute Gasteiger partial charge is 0.410 e. The Bertz CT molecular complexity index is 1090. The average Bonchev–Trinajstić information content (AvgIpc) is 3.34. The molecule has 2 aliphatic rings. The molecule has 9 heteroatoms. The zero-order chi connectivity index (χ0) is 24.1. The first-order valence-electron chi connectivity index (χ1n) is 11.7. The number of carbonyl (C=O) groups is 2. The zero-order valence-electron chi connectivity index (χ0n) is 19.4. The van der Waals surface area contributed by atoms with Crippen LogP contribution in [0.15, 0.2) is 60.7 Å². The van der Waals surface area contributed by atoms with Crippen LogP contribution in [0.5, 0.6) is 0 Å². The van der Waals surface area contributed by atoms with Gasteiger partial charge in [0.2, 0.25) is 0 Å². The SMILES string of the molecule is CC1CCN(S(=O)(=O)N(C(=O)C2CCCN2C(=O)OCc2ccccc2)c2ccccc2)CC1. The number of rotatable bonds is 6. The first-order chi connectivity index (χ1) is 16.4. The number of hydrogen-bond donors (Lipinski definition) is 0. The number of benzene rings is 2. The summed E-state index contributed by atoms with van der Waals surface area (Å²) in [6.45, 7) is 3.26. The number of anilines is 1. The summed E-state index contributed by atoms with van der Waals surface area (Å²) in [5.74, 6) is -0.184. The molecule has 182 valence electrons. The topological polar surface area (TPSA) is 87.2 Å². The van der Waals surface area contributed by atoms with Gasteiger partial charge < -0.3 is 4.74 Å². The van der Waals surface area contributed by atoms with Crippen LogP contribution < -0.4 is 4.31 Å². The van der Waals surface area contributed by atoms with E-state index in [0.717, 1.165) is 22.7 Å². The van der Waals surface area contributed by atoms with Gasteiger partial charge in [0.25, 0.3) is 5.91 Å². The number of likely N-dealkylation sites (tertiary alicyclic amines) is 1. The molecule has 1 atom stereocenters. The van der Waals surface area contributed by atoms with Crippen molar-refractivity contribution in [2.75, 3.05) is 23.9 Å². The van der Waals surface area contributed by atoms with Crippen molar-refractivity contribution in [3.8, 4) is 0 Å². The maximum Gasteiger partial charge on any atom is 0.410 e. The molecule has 4 rings (SSSR count). The maximum atomic E-state index is 13.8. The molecule has 8 nitrogen and oxygen atoms in total. The quantitative estimate of drug-likeness (QED) is 0.621. The van der Waals surface area contributed by atoms with Gasteiger partial charge in [0, 0.05) is 19.6 Å². The van der Waals surface area contributed by atoms with Crippen molar-refractivity contribution in [2.45, 2.75) is 45.3 Å². The van der Waals surface area contributed by atoms with Crippen molar-refractivity contribution in [2.24, 2.45) is 5.92 Å². The monoisotopic (exact) mass is 485 g/mol. The number of hydrogen-bond acceptors (Lipinski definition) is 5. The summed E-state index contributed by atoms with van der Waals surface area (Å²) in [6, 6.07) is 16.8. The highest BCUT2D eigenvalue weighted by atomic mass is 32.2. The van der Waals surface area contributed by atoms with E-state index in [1.807, 2.05) is 30.3 Å². The van der Waals surface area contributed by atoms with Gasteiger partial charge in [-0.15, -0.1) is 0 Å². The third-order valence-electron chi connectivity index (χ3n) is 6.47. The van der Waals surface area contributed by atoms with Gasteiger partial charge in [0.15, 0.2) is 0 Å². The fourth-order valence-corrected chi connectivity index (χ4v) is 6.09. The van der Waals surface area contributed by atoms with Crippen LogP contribution >= 0.6 is 0 Å². The molecular formula is C25H31N3O5S. The van der Waals surface area contributed by atoms with Crippen LogP contribution in [0.1, 0.15) is 38.2 Å². The third-order valence-corrected chi connectivity index (χ3v) is 8.34. The molecule has 0 N–H and O–H groups in total. The van der Waals surface area contributed by atoms with E-state index in [4.69, 9.17) is 4.74 Å². The zero-order valence-corrected chi connectivity index (χ0v) is 20.2. The Morgan fingerprint density at radius 2 is 1.56 bits per heavy atom. The minimum atomic E-state index is -4.10. The average molecular weight is 486 g/mol. The Labute approximate surface area is 201 Å². The van der Waals surface area contributed by atoms with Gasteiger partial charge in [-0.2, -0.15) is 17.0 Å².